The van der Waals surface area contributed by atoms with Gasteiger partial charge in [-0.2, -0.15) is 8.78 Å². The van der Waals surface area contributed by atoms with E-state index in [9.17, 15) is 13.9 Å². The van der Waals surface area contributed by atoms with Crippen LogP contribution in [0.15, 0.2) is 48.5 Å². The molecule has 0 saturated carbocycles. The van der Waals surface area contributed by atoms with Crippen molar-refractivity contribution >= 4 is 5.69 Å². The summed E-state index contributed by atoms with van der Waals surface area (Å²) in [6, 6.07) is 12.7. The fraction of sp³-hybridized carbons (Fsp3) is 0.250. The predicted octanol–water partition coefficient (Wildman–Crippen LogP) is 3.38. The SMILES string of the molecule is Cc1ccc(C2(O)N(C)c3ccccc3C2(F)F)cc1. The van der Waals surface area contributed by atoms with Crippen LogP contribution in [0.3, 0.4) is 0 Å². The van der Waals surface area contributed by atoms with E-state index in [0.717, 1.165) is 5.56 Å². The van der Waals surface area contributed by atoms with E-state index in [0.29, 0.717) is 5.69 Å². The molecule has 1 unspecified atom stereocenters. The number of halogens is 2. The summed E-state index contributed by atoms with van der Waals surface area (Å²) >= 11 is 0. The third kappa shape index (κ3) is 1.45. The van der Waals surface area contributed by atoms with E-state index in [1.807, 2.05) is 6.92 Å². The van der Waals surface area contributed by atoms with Crippen LogP contribution >= 0.6 is 0 Å². The molecule has 0 saturated heterocycles. The third-order valence-electron chi connectivity index (χ3n) is 3.98. The van der Waals surface area contributed by atoms with Gasteiger partial charge in [0.25, 0.3) is 0 Å². The second-order valence-electron chi connectivity index (χ2n) is 5.19. The van der Waals surface area contributed by atoms with Gasteiger partial charge >= 0.3 is 5.92 Å². The van der Waals surface area contributed by atoms with E-state index in [4.69, 9.17) is 0 Å². The first-order valence-electron chi connectivity index (χ1n) is 6.39. The molecular weight excluding hydrogens is 260 g/mol. The monoisotopic (exact) mass is 275 g/mol. The topological polar surface area (TPSA) is 23.5 Å². The lowest BCUT2D eigenvalue weighted by Gasteiger charge is -2.36. The van der Waals surface area contributed by atoms with Crippen LogP contribution in [0.25, 0.3) is 0 Å². The Morgan fingerprint density at radius 3 is 2.20 bits per heavy atom. The molecule has 104 valence electrons. The maximum atomic E-state index is 14.7. The van der Waals surface area contributed by atoms with E-state index in [2.05, 4.69) is 0 Å². The molecule has 0 amide bonds. The van der Waals surface area contributed by atoms with Gasteiger partial charge in [-0.1, -0.05) is 48.0 Å². The second kappa shape index (κ2) is 4.03. The van der Waals surface area contributed by atoms with Crippen molar-refractivity contribution in [3.05, 3.63) is 65.2 Å². The van der Waals surface area contributed by atoms with Crippen LogP contribution in [-0.2, 0) is 11.6 Å². The number of hydrogen-bond donors (Lipinski definition) is 1. The fourth-order valence-corrected chi connectivity index (χ4v) is 2.77. The van der Waals surface area contributed by atoms with Crippen molar-refractivity contribution in [1.29, 1.82) is 0 Å². The van der Waals surface area contributed by atoms with Gasteiger partial charge < -0.3 is 10.0 Å². The number of aryl methyl sites for hydroxylation is 1. The van der Waals surface area contributed by atoms with Crippen LogP contribution < -0.4 is 4.90 Å². The van der Waals surface area contributed by atoms with Crippen LogP contribution in [0.2, 0.25) is 0 Å². The van der Waals surface area contributed by atoms with Crippen molar-refractivity contribution in [2.24, 2.45) is 0 Å². The third-order valence-corrected chi connectivity index (χ3v) is 3.98. The number of anilines is 1. The Bertz CT molecular complexity index is 654. The zero-order valence-corrected chi connectivity index (χ0v) is 11.3. The smallest absolute Gasteiger partial charge is 0.326 e. The molecule has 4 heteroatoms. The highest BCUT2D eigenvalue weighted by Crippen LogP contribution is 2.56. The molecule has 1 aliphatic heterocycles. The van der Waals surface area contributed by atoms with Crippen LogP contribution in [0, 0.1) is 6.92 Å². The molecule has 1 N–H and O–H groups in total. The Kier molecular flexibility index (Phi) is 2.63. The number of aliphatic hydroxyl groups is 1. The molecule has 0 bridgehead atoms. The summed E-state index contributed by atoms with van der Waals surface area (Å²) in [6.07, 6.45) is 0. The quantitative estimate of drug-likeness (QED) is 0.862. The summed E-state index contributed by atoms with van der Waals surface area (Å²) in [5.74, 6) is -3.37. The number of alkyl halides is 2. The van der Waals surface area contributed by atoms with E-state index in [1.165, 1.54) is 18.0 Å². The number of fused-ring (bicyclic) bond motifs is 1. The lowest BCUT2D eigenvalue weighted by atomic mass is 9.93. The Balaban J connectivity index is 2.22. The predicted molar refractivity (Wildman–Crippen MR) is 73.8 cm³/mol. The van der Waals surface area contributed by atoms with Crippen molar-refractivity contribution in [3.63, 3.8) is 0 Å². The molecule has 2 nitrogen and oxygen atoms in total. The van der Waals surface area contributed by atoms with E-state index in [-0.39, 0.29) is 11.1 Å². The lowest BCUT2D eigenvalue weighted by Crippen LogP contribution is -2.50. The van der Waals surface area contributed by atoms with Crippen LogP contribution in [0.5, 0.6) is 0 Å². The number of benzene rings is 2. The molecule has 1 atom stereocenters. The average molecular weight is 275 g/mol. The van der Waals surface area contributed by atoms with Gasteiger partial charge in [-0.3, -0.25) is 0 Å². The van der Waals surface area contributed by atoms with E-state index >= 15 is 0 Å². The summed E-state index contributed by atoms with van der Waals surface area (Å²) in [6.45, 7) is 1.87. The Morgan fingerprint density at radius 2 is 1.60 bits per heavy atom. The highest BCUT2D eigenvalue weighted by atomic mass is 19.3. The average Bonchev–Trinajstić information content (AvgIpc) is 2.60. The summed E-state index contributed by atoms with van der Waals surface area (Å²) in [5.41, 5.74) is -1.01. The standard InChI is InChI=1S/C16H15F2NO/c1-11-7-9-12(10-8-11)16(20)15(17,18)13-5-3-4-6-14(13)19(16)2/h3-10,20H,1-2H3. The first kappa shape index (κ1) is 13.1. The van der Waals surface area contributed by atoms with Gasteiger partial charge in [0, 0.05) is 23.9 Å². The van der Waals surface area contributed by atoms with Gasteiger partial charge in [-0.25, -0.2) is 0 Å². The van der Waals surface area contributed by atoms with Gasteiger partial charge in [-0.05, 0) is 13.0 Å². The Hall–Kier alpha value is -1.94. The largest absolute Gasteiger partial charge is 0.362 e. The number of rotatable bonds is 1. The number of para-hydroxylation sites is 1. The van der Waals surface area contributed by atoms with Crippen LogP contribution in [0.1, 0.15) is 16.7 Å². The van der Waals surface area contributed by atoms with E-state index in [1.54, 1.807) is 42.5 Å². The zero-order valence-electron chi connectivity index (χ0n) is 11.3. The van der Waals surface area contributed by atoms with Crippen LogP contribution in [0.4, 0.5) is 14.5 Å². The molecule has 1 heterocycles. The maximum Gasteiger partial charge on any atom is 0.326 e. The summed E-state index contributed by atoms with van der Waals surface area (Å²) in [4.78, 5) is 1.24. The second-order valence-corrected chi connectivity index (χ2v) is 5.19. The number of likely N-dealkylation sites (N-methyl/N-ethyl adjacent to an activating group) is 1. The number of hydrogen-bond acceptors (Lipinski definition) is 2. The molecule has 2 aromatic carbocycles. The van der Waals surface area contributed by atoms with Gasteiger partial charge in [0.15, 0.2) is 0 Å². The summed E-state index contributed by atoms with van der Waals surface area (Å²) in [7, 11) is 1.49. The highest BCUT2D eigenvalue weighted by Gasteiger charge is 2.64. The van der Waals surface area contributed by atoms with Gasteiger partial charge in [-0.15, -0.1) is 0 Å². The molecule has 0 aromatic heterocycles. The zero-order chi connectivity index (χ0) is 14.5. The summed E-state index contributed by atoms with van der Waals surface area (Å²) in [5, 5.41) is 10.7. The normalized spacial score (nSPS) is 23.8. The lowest BCUT2D eigenvalue weighted by molar-refractivity contribution is -0.182. The molecule has 0 aliphatic carbocycles. The minimum absolute atomic E-state index is 0.148. The maximum absolute atomic E-state index is 14.7. The highest BCUT2D eigenvalue weighted by molar-refractivity contribution is 5.64. The molecule has 0 radical (unpaired) electrons. The molecule has 0 spiro atoms. The molecule has 0 fully saturated rings. The van der Waals surface area contributed by atoms with Crippen molar-refractivity contribution in [2.75, 3.05) is 11.9 Å². The van der Waals surface area contributed by atoms with Crippen LogP contribution in [-0.4, -0.2) is 12.2 Å². The van der Waals surface area contributed by atoms with Crippen molar-refractivity contribution in [3.8, 4) is 0 Å². The first-order valence-corrected chi connectivity index (χ1v) is 6.39. The molecule has 20 heavy (non-hydrogen) atoms. The van der Waals surface area contributed by atoms with Gasteiger partial charge in [0.1, 0.15) is 0 Å². The molecule has 3 rings (SSSR count). The van der Waals surface area contributed by atoms with Crippen molar-refractivity contribution < 1.29 is 13.9 Å². The van der Waals surface area contributed by atoms with Crippen molar-refractivity contribution in [2.45, 2.75) is 18.6 Å². The first-order chi connectivity index (χ1) is 9.39. The van der Waals surface area contributed by atoms with Gasteiger partial charge in [0.2, 0.25) is 5.72 Å². The summed E-state index contributed by atoms with van der Waals surface area (Å²) < 4.78 is 29.5. The van der Waals surface area contributed by atoms with Gasteiger partial charge in [0.05, 0.1) is 0 Å². The fourth-order valence-electron chi connectivity index (χ4n) is 2.77. The molecule has 1 aliphatic rings. The Morgan fingerprint density at radius 1 is 1.00 bits per heavy atom. The van der Waals surface area contributed by atoms with E-state index < -0.39 is 11.6 Å². The molecular formula is C16H15F2NO. The molecule has 2 aromatic rings. The minimum Gasteiger partial charge on any atom is -0.362 e. The van der Waals surface area contributed by atoms with Crippen molar-refractivity contribution in [1.82, 2.24) is 0 Å². The Labute approximate surface area is 116 Å². The number of nitrogens with zero attached hydrogens (tertiary/aromatic N) is 1. The minimum atomic E-state index is -3.37.